The average Bonchev–Trinajstić information content (AvgIpc) is 2.64. The average molecular weight is 230 g/mol. The number of hydrazone groups is 1. The Kier molecular flexibility index (Phi) is 2.45. The predicted molar refractivity (Wildman–Crippen MR) is 52.8 cm³/mol. The summed E-state index contributed by atoms with van der Waals surface area (Å²) in [4.78, 5) is 3.70. The Morgan fingerprint density at radius 2 is 2.06 bits per heavy atom. The van der Waals surface area contributed by atoms with Gasteiger partial charge in [0.1, 0.15) is 11.7 Å². The van der Waals surface area contributed by atoms with E-state index in [1.165, 1.54) is 11.1 Å². The van der Waals surface area contributed by atoms with Crippen LogP contribution >= 0.6 is 0 Å². The summed E-state index contributed by atoms with van der Waals surface area (Å²) in [5, 5.41) is 5.42. The number of pyridine rings is 1. The van der Waals surface area contributed by atoms with Crippen molar-refractivity contribution in [1.82, 2.24) is 4.98 Å². The lowest BCUT2D eigenvalue weighted by Crippen LogP contribution is -2.14. The third kappa shape index (κ3) is 2.07. The molecular weight excluding hydrogens is 221 g/mol. The SMILES string of the molecule is NC1=NN(c2ccc(C(F)(F)F)cn2)CC1. The molecule has 0 spiro atoms. The van der Waals surface area contributed by atoms with E-state index in [0.29, 0.717) is 24.6 Å². The van der Waals surface area contributed by atoms with Crippen LogP contribution in [0.3, 0.4) is 0 Å². The van der Waals surface area contributed by atoms with Crippen LogP contribution in [0.4, 0.5) is 19.0 Å². The first-order chi connectivity index (χ1) is 7.47. The second-order valence-electron chi connectivity index (χ2n) is 3.37. The van der Waals surface area contributed by atoms with Crippen LogP contribution in [0.2, 0.25) is 0 Å². The van der Waals surface area contributed by atoms with Crippen LogP contribution < -0.4 is 10.7 Å². The molecule has 4 nitrogen and oxygen atoms in total. The number of amidine groups is 1. The van der Waals surface area contributed by atoms with Crippen molar-refractivity contribution in [3.8, 4) is 0 Å². The van der Waals surface area contributed by atoms with Gasteiger partial charge in [-0.05, 0) is 12.1 Å². The van der Waals surface area contributed by atoms with Crippen molar-refractivity contribution in [2.45, 2.75) is 12.6 Å². The molecule has 1 aromatic rings. The molecule has 2 rings (SSSR count). The normalized spacial score (nSPS) is 16.4. The molecule has 2 heterocycles. The molecule has 0 radical (unpaired) electrons. The summed E-state index contributed by atoms with van der Waals surface area (Å²) in [5.41, 5.74) is 4.69. The van der Waals surface area contributed by atoms with Crippen molar-refractivity contribution in [3.63, 3.8) is 0 Å². The number of aromatic nitrogens is 1. The Morgan fingerprint density at radius 3 is 2.50 bits per heavy atom. The summed E-state index contributed by atoms with van der Waals surface area (Å²) < 4.78 is 36.8. The van der Waals surface area contributed by atoms with Gasteiger partial charge >= 0.3 is 6.18 Å². The van der Waals surface area contributed by atoms with Gasteiger partial charge < -0.3 is 5.73 Å². The standard InChI is InChI=1S/C9H9F3N4/c10-9(11,12)6-1-2-8(14-5-6)16-4-3-7(13)15-16/h1-2,5H,3-4H2,(H2,13,15). The molecule has 0 aliphatic carbocycles. The third-order valence-corrected chi connectivity index (χ3v) is 2.17. The summed E-state index contributed by atoms with van der Waals surface area (Å²) >= 11 is 0. The van der Waals surface area contributed by atoms with E-state index in [9.17, 15) is 13.2 Å². The molecule has 1 aliphatic heterocycles. The van der Waals surface area contributed by atoms with Gasteiger partial charge in [0, 0.05) is 12.6 Å². The Labute approximate surface area is 89.6 Å². The first-order valence-corrected chi connectivity index (χ1v) is 4.60. The summed E-state index contributed by atoms with van der Waals surface area (Å²) in [6, 6.07) is 2.26. The lowest BCUT2D eigenvalue weighted by Gasteiger charge is -2.13. The highest BCUT2D eigenvalue weighted by Gasteiger charge is 2.31. The maximum atomic E-state index is 12.3. The second-order valence-corrected chi connectivity index (χ2v) is 3.37. The molecule has 16 heavy (non-hydrogen) atoms. The molecule has 0 bridgehead atoms. The zero-order chi connectivity index (χ0) is 11.8. The van der Waals surface area contributed by atoms with Crippen molar-refractivity contribution in [2.75, 3.05) is 11.6 Å². The van der Waals surface area contributed by atoms with Crippen LogP contribution in [-0.2, 0) is 6.18 Å². The third-order valence-electron chi connectivity index (χ3n) is 2.17. The van der Waals surface area contributed by atoms with Crippen LogP contribution in [0.5, 0.6) is 0 Å². The van der Waals surface area contributed by atoms with Crippen LogP contribution in [0.1, 0.15) is 12.0 Å². The van der Waals surface area contributed by atoms with Gasteiger partial charge in [-0.1, -0.05) is 0 Å². The molecule has 2 N–H and O–H groups in total. The van der Waals surface area contributed by atoms with Gasteiger partial charge in [0.2, 0.25) is 0 Å². The molecule has 7 heteroatoms. The van der Waals surface area contributed by atoms with Crippen LogP contribution in [0.25, 0.3) is 0 Å². The van der Waals surface area contributed by atoms with E-state index in [1.54, 1.807) is 0 Å². The zero-order valence-corrected chi connectivity index (χ0v) is 8.20. The van der Waals surface area contributed by atoms with E-state index in [1.807, 2.05) is 0 Å². The fraction of sp³-hybridized carbons (Fsp3) is 0.333. The molecule has 86 valence electrons. The summed E-state index contributed by atoms with van der Waals surface area (Å²) in [6.45, 7) is 0.546. The summed E-state index contributed by atoms with van der Waals surface area (Å²) in [6.07, 6.45) is -2.97. The molecular formula is C9H9F3N4. The van der Waals surface area contributed by atoms with E-state index in [4.69, 9.17) is 5.73 Å². The van der Waals surface area contributed by atoms with E-state index in [-0.39, 0.29) is 0 Å². The smallest absolute Gasteiger partial charge is 0.386 e. The molecule has 0 unspecified atom stereocenters. The molecule has 0 saturated heterocycles. The number of alkyl halides is 3. The number of hydrogen-bond donors (Lipinski definition) is 1. The van der Waals surface area contributed by atoms with Gasteiger partial charge in [0.25, 0.3) is 0 Å². The first kappa shape index (κ1) is 10.7. The Hall–Kier alpha value is -1.79. The highest BCUT2D eigenvalue weighted by atomic mass is 19.4. The molecule has 0 amide bonds. The minimum absolute atomic E-state index is 0.369. The number of halogens is 3. The number of nitrogens with two attached hydrogens (primary N) is 1. The molecule has 0 aromatic carbocycles. The van der Waals surface area contributed by atoms with Crippen LogP contribution in [0, 0.1) is 0 Å². The highest BCUT2D eigenvalue weighted by molar-refractivity contribution is 5.83. The van der Waals surface area contributed by atoms with Gasteiger partial charge in [-0.2, -0.15) is 18.3 Å². The highest BCUT2D eigenvalue weighted by Crippen LogP contribution is 2.29. The minimum Gasteiger partial charge on any atom is -0.386 e. The van der Waals surface area contributed by atoms with Crippen LogP contribution in [-0.4, -0.2) is 17.4 Å². The lowest BCUT2D eigenvalue weighted by molar-refractivity contribution is -0.137. The quantitative estimate of drug-likeness (QED) is 0.796. The first-order valence-electron chi connectivity index (χ1n) is 4.60. The molecule has 0 atom stereocenters. The van der Waals surface area contributed by atoms with Gasteiger partial charge in [0.05, 0.1) is 12.1 Å². The molecule has 1 aromatic heterocycles. The summed E-state index contributed by atoms with van der Waals surface area (Å²) in [5.74, 6) is 0.829. The van der Waals surface area contributed by atoms with E-state index in [0.717, 1.165) is 12.3 Å². The van der Waals surface area contributed by atoms with E-state index in [2.05, 4.69) is 10.1 Å². The lowest BCUT2D eigenvalue weighted by atomic mass is 10.3. The van der Waals surface area contributed by atoms with Crippen LogP contribution in [0.15, 0.2) is 23.4 Å². The van der Waals surface area contributed by atoms with E-state index >= 15 is 0 Å². The Balaban J connectivity index is 2.20. The maximum absolute atomic E-state index is 12.3. The van der Waals surface area contributed by atoms with Crippen molar-refractivity contribution >= 4 is 11.7 Å². The number of anilines is 1. The fourth-order valence-electron chi connectivity index (χ4n) is 1.35. The molecule has 0 fully saturated rings. The van der Waals surface area contributed by atoms with Gasteiger partial charge in [-0.3, -0.25) is 0 Å². The van der Waals surface area contributed by atoms with Gasteiger partial charge in [-0.15, -0.1) is 0 Å². The number of nitrogens with zero attached hydrogens (tertiary/aromatic N) is 3. The number of rotatable bonds is 1. The predicted octanol–water partition coefficient (Wildman–Crippen LogP) is 1.58. The van der Waals surface area contributed by atoms with Crippen molar-refractivity contribution in [1.29, 1.82) is 0 Å². The topological polar surface area (TPSA) is 54.5 Å². The van der Waals surface area contributed by atoms with E-state index < -0.39 is 11.7 Å². The van der Waals surface area contributed by atoms with Crippen molar-refractivity contribution in [2.24, 2.45) is 10.8 Å². The largest absolute Gasteiger partial charge is 0.417 e. The minimum atomic E-state index is -4.36. The monoisotopic (exact) mass is 230 g/mol. The van der Waals surface area contributed by atoms with Crippen molar-refractivity contribution < 1.29 is 13.2 Å². The Bertz CT molecular complexity index is 410. The van der Waals surface area contributed by atoms with Gasteiger partial charge in [0.15, 0.2) is 0 Å². The molecule has 1 aliphatic rings. The number of hydrogen-bond acceptors (Lipinski definition) is 4. The summed E-state index contributed by atoms with van der Waals surface area (Å²) in [7, 11) is 0. The van der Waals surface area contributed by atoms with Gasteiger partial charge in [-0.25, -0.2) is 9.99 Å². The second kappa shape index (κ2) is 3.66. The molecule has 0 saturated carbocycles. The maximum Gasteiger partial charge on any atom is 0.417 e. The zero-order valence-electron chi connectivity index (χ0n) is 8.20. The van der Waals surface area contributed by atoms with Crippen molar-refractivity contribution in [3.05, 3.63) is 23.9 Å². The Morgan fingerprint density at radius 1 is 1.31 bits per heavy atom. The fourth-order valence-corrected chi connectivity index (χ4v) is 1.35.